The van der Waals surface area contributed by atoms with Crippen LogP contribution in [0.1, 0.15) is 64.7 Å². The molecule has 2 N–H and O–H groups in total. The Morgan fingerprint density at radius 2 is 2.07 bits per heavy atom. The van der Waals surface area contributed by atoms with Gasteiger partial charge in [0.1, 0.15) is 0 Å². The van der Waals surface area contributed by atoms with Crippen molar-refractivity contribution in [1.82, 2.24) is 0 Å². The van der Waals surface area contributed by atoms with Gasteiger partial charge in [0.15, 0.2) is 0 Å². The fraction of sp³-hybridized carbons (Fsp3) is 0.846. The number of rotatable bonds is 6. The van der Waals surface area contributed by atoms with Crippen molar-refractivity contribution in [3.8, 4) is 0 Å². The molecule has 1 saturated carbocycles. The highest BCUT2D eigenvalue weighted by Crippen LogP contribution is 2.23. The van der Waals surface area contributed by atoms with E-state index in [1.807, 2.05) is 0 Å². The highest BCUT2D eigenvalue weighted by molar-refractivity contribution is 5.09. The third kappa shape index (κ3) is 4.80. The molecule has 0 amide bonds. The van der Waals surface area contributed by atoms with E-state index in [2.05, 4.69) is 13.0 Å². The quantitative estimate of drug-likeness (QED) is 0.506. The fourth-order valence-electron chi connectivity index (χ4n) is 2.15. The largest absolute Gasteiger partial charge is 0.327 e. The topological polar surface area (TPSA) is 26.0 Å². The molecule has 14 heavy (non-hydrogen) atoms. The Morgan fingerprint density at radius 3 is 2.71 bits per heavy atom. The van der Waals surface area contributed by atoms with Crippen molar-refractivity contribution in [2.24, 2.45) is 5.73 Å². The first-order valence-corrected chi connectivity index (χ1v) is 6.26. The highest BCUT2D eigenvalue weighted by Gasteiger charge is 2.13. The lowest BCUT2D eigenvalue weighted by molar-refractivity contribution is 0.636. The van der Waals surface area contributed by atoms with Gasteiger partial charge in [-0.05, 0) is 32.1 Å². The third-order valence-corrected chi connectivity index (χ3v) is 3.10. The lowest BCUT2D eigenvalue weighted by Crippen LogP contribution is -2.13. The minimum atomic E-state index is 0.460. The molecule has 1 atom stereocenters. The zero-order valence-corrected chi connectivity index (χ0v) is 9.60. The van der Waals surface area contributed by atoms with E-state index in [0.29, 0.717) is 6.04 Å². The van der Waals surface area contributed by atoms with E-state index in [1.54, 1.807) is 5.57 Å². The second-order valence-corrected chi connectivity index (χ2v) is 4.57. The van der Waals surface area contributed by atoms with Crippen molar-refractivity contribution in [2.45, 2.75) is 70.8 Å². The van der Waals surface area contributed by atoms with Crippen LogP contribution in [-0.4, -0.2) is 6.04 Å². The number of hydrogen-bond donors (Lipinski definition) is 1. The van der Waals surface area contributed by atoms with Gasteiger partial charge < -0.3 is 5.73 Å². The predicted octanol–water partition coefficient (Wildman–Crippen LogP) is 3.78. The van der Waals surface area contributed by atoms with Crippen LogP contribution in [0.2, 0.25) is 0 Å². The summed E-state index contributed by atoms with van der Waals surface area (Å²) in [6.45, 7) is 2.27. The molecule has 0 bridgehead atoms. The van der Waals surface area contributed by atoms with Crippen molar-refractivity contribution >= 4 is 0 Å². The summed E-state index contributed by atoms with van der Waals surface area (Å²) in [5.74, 6) is 0. The Morgan fingerprint density at radius 1 is 1.29 bits per heavy atom. The average molecular weight is 195 g/mol. The maximum absolute atomic E-state index is 5.85. The summed E-state index contributed by atoms with van der Waals surface area (Å²) in [7, 11) is 0. The van der Waals surface area contributed by atoms with E-state index in [9.17, 15) is 0 Å². The van der Waals surface area contributed by atoms with Gasteiger partial charge >= 0.3 is 0 Å². The molecule has 0 radical (unpaired) electrons. The van der Waals surface area contributed by atoms with E-state index < -0.39 is 0 Å². The monoisotopic (exact) mass is 195 g/mol. The summed E-state index contributed by atoms with van der Waals surface area (Å²) < 4.78 is 0. The molecule has 82 valence electrons. The number of hydrogen-bond acceptors (Lipinski definition) is 1. The van der Waals surface area contributed by atoms with Gasteiger partial charge in [-0.2, -0.15) is 0 Å². The van der Waals surface area contributed by atoms with Gasteiger partial charge in [0, 0.05) is 6.04 Å². The van der Waals surface area contributed by atoms with Crippen LogP contribution < -0.4 is 5.73 Å². The Labute approximate surface area is 88.8 Å². The molecule has 0 aromatic heterocycles. The number of nitrogens with two attached hydrogens (primary N) is 1. The molecule has 1 aliphatic rings. The molecule has 0 aromatic carbocycles. The van der Waals surface area contributed by atoms with Gasteiger partial charge in [0.25, 0.3) is 0 Å². The van der Waals surface area contributed by atoms with Gasteiger partial charge in [0.05, 0.1) is 0 Å². The molecule has 1 nitrogen and oxygen atoms in total. The molecule has 1 aliphatic carbocycles. The molecule has 1 rings (SSSR count). The molecule has 1 fully saturated rings. The Hall–Kier alpha value is -0.300. The maximum atomic E-state index is 5.85. The smallest absolute Gasteiger partial charge is 0.00791 e. The van der Waals surface area contributed by atoms with Crippen molar-refractivity contribution in [3.05, 3.63) is 11.6 Å². The zero-order valence-electron chi connectivity index (χ0n) is 9.60. The second-order valence-electron chi connectivity index (χ2n) is 4.57. The van der Waals surface area contributed by atoms with Gasteiger partial charge in [-0.25, -0.2) is 0 Å². The van der Waals surface area contributed by atoms with Gasteiger partial charge in [-0.1, -0.05) is 44.3 Å². The standard InChI is InChI=1S/C13H25N/c1-2-3-4-5-6-7-8-12-9-10-13(14)11-12/h8,13H,2-7,9-11,14H2,1H3. The van der Waals surface area contributed by atoms with E-state index in [0.717, 1.165) is 6.42 Å². The minimum Gasteiger partial charge on any atom is -0.327 e. The molecule has 1 heteroatoms. The van der Waals surface area contributed by atoms with Gasteiger partial charge in [-0.3, -0.25) is 0 Å². The Bertz CT molecular complexity index is 172. The summed E-state index contributed by atoms with van der Waals surface area (Å²) in [5, 5.41) is 0. The van der Waals surface area contributed by atoms with E-state index >= 15 is 0 Å². The number of allylic oxidation sites excluding steroid dienone is 1. The normalized spacial score (nSPS) is 24.7. The molecule has 0 heterocycles. The summed E-state index contributed by atoms with van der Waals surface area (Å²) in [4.78, 5) is 0. The lowest BCUT2D eigenvalue weighted by Gasteiger charge is -1.99. The van der Waals surface area contributed by atoms with E-state index in [-0.39, 0.29) is 0 Å². The molecular formula is C13H25N. The molecule has 0 spiro atoms. The highest BCUT2D eigenvalue weighted by atomic mass is 14.6. The van der Waals surface area contributed by atoms with Crippen LogP contribution in [0.15, 0.2) is 11.6 Å². The predicted molar refractivity (Wildman–Crippen MR) is 63.3 cm³/mol. The van der Waals surface area contributed by atoms with Crippen LogP contribution in [0.25, 0.3) is 0 Å². The molecule has 0 saturated heterocycles. The van der Waals surface area contributed by atoms with Gasteiger partial charge in [0.2, 0.25) is 0 Å². The molecule has 0 aromatic rings. The second kappa shape index (κ2) is 7.05. The van der Waals surface area contributed by atoms with E-state index in [4.69, 9.17) is 5.73 Å². The summed E-state index contributed by atoms with van der Waals surface area (Å²) in [6.07, 6.45) is 14.3. The van der Waals surface area contributed by atoms with Crippen LogP contribution in [0, 0.1) is 0 Å². The van der Waals surface area contributed by atoms with Crippen molar-refractivity contribution < 1.29 is 0 Å². The summed E-state index contributed by atoms with van der Waals surface area (Å²) in [5.41, 5.74) is 7.47. The summed E-state index contributed by atoms with van der Waals surface area (Å²) in [6, 6.07) is 0.460. The van der Waals surface area contributed by atoms with E-state index in [1.165, 1.54) is 51.4 Å². The maximum Gasteiger partial charge on any atom is 0.00791 e. The molecular weight excluding hydrogens is 170 g/mol. The van der Waals surface area contributed by atoms with Crippen molar-refractivity contribution in [3.63, 3.8) is 0 Å². The number of unbranched alkanes of at least 4 members (excludes halogenated alkanes) is 5. The first-order chi connectivity index (χ1) is 6.83. The Balaban J connectivity index is 1.97. The zero-order chi connectivity index (χ0) is 10.2. The third-order valence-electron chi connectivity index (χ3n) is 3.10. The van der Waals surface area contributed by atoms with Crippen LogP contribution in [-0.2, 0) is 0 Å². The molecule has 1 unspecified atom stereocenters. The van der Waals surface area contributed by atoms with Crippen LogP contribution in [0.4, 0.5) is 0 Å². The Kier molecular flexibility index (Phi) is 5.93. The summed E-state index contributed by atoms with van der Waals surface area (Å²) >= 11 is 0. The first-order valence-electron chi connectivity index (χ1n) is 6.26. The SMILES string of the molecule is CCCCCCCC=C1CCC(N)C1. The first kappa shape index (κ1) is 11.8. The van der Waals surface area contributed by atoms with Crippen LogP contribution in [0.3, 0.4) is 0 Å². The van der Waals surface area contributed by atoms with Gasteiger partial charge in [-0.15, -0.1) is 0 Å². The average Bonchev–Trinajstić information content (AvgIpc) is 2.58. The van der Waals surface area contributed by atoms with Crippen molar-refractivity contribution in [1.29, 1.82) is 0 Å². The minimum absolute atomic E-state index is 0.460. The lowest BCUT2D eigenvalue weighted by atomic mass is 10.1. The van der Waals surface area contributed by atoms with Crippen LogP contribution in [0.5, 0.6) is 0 Å². The molecule has 0 aliphatic heterocycles. The van der Waals surface area contributed by atoms with Crippen LogP contribution >= 0.6 is 0 Å². The fourth-order valence-corrected chi connectivity index (χ4v) is 2.15. The van der Waals surface area contributed by atoms with Crippen molar-refractivity contribution in [2.75, 3.05) is 0 Å².